The topological polar surface area (TPSA) is 170 Å². The van der Waals surface area contributed by atoms with Gasteiger partial charge in [0.05, 0.1) is 29.5 Å². The molecule has 6 atom stereocenters. The average molecular weight is 795 g/mol. The molecule has 13 fully saturated rings. The van der Waals surface area contributed by atoms with Crippen molar-refractivity contribution >= 4 is 41.5 Å². The summed E-state index contributed by atoms with van der Waals surface area (Å²) in [5.41, 5.74) is -3.59. The monoisotopic (exact) mass is 794 g/mol. The van der Waals surface area contributed by atoms with E-state index in [4.69, 9.17) is 28.9 Å². The molecule has 13 nitrogen and oxygen atoms in total. The van der Waals surface area contributed by atoms with Crippen molar-refractivity contribution < 1.29 is 71.1 Å². The average Bonchev–Trinajstić information content (AvgIpc) is 3.15. The van der Waals surface area contributed by atoms with E-state index in [1.807, 2.05) is 0 Å². The molecule has 6 unspecified atom stereocenters. The minimum atomic E-state index is -4.12. The molecule has 0 radical (unpaired) electrons. The third-order valence-electron chi connectivity index (χ3n) is 16.1. The predicted octanol–water partition coefficient (Wildman–Crippen LogP) is 5.38. The molecule has 1 aliphatic heterocycles. The second kappa shape index (κ2) is 12.6. The molecular weight excluding hydrogens is 746 g/mol. The van der Waals surface area contributed by atoms with Gasteiger partial charge >= 0.3 is 23.2 Å². The molecule has 16 heteroatoms. The molecule has 1 N–H and O–H groups in total. The first-order valence-corrected chi connectivity index (χ1v) is 20.9. The third kappa shape index (κ3) is 5.79. The number of ether oxygens (including phenoxy) is 5. The second-order valence-electron chi connectivity index (χ2n) is 19.7. The van der Waals surface area contributed by atoms with Gasteiger partial charge in [0.2, 0.25) is 0 Å². The first kappa shape index (κ1) is 37.1. The van der Waals surface area contributed by atoms with Crippen LogP contribution in [0.25, 0.3) is 0 Å². The molecule has 0 aromatic carbocycles. The van der Waals surface area contributed by atoms with Gasteiger partial charge in [0.15, 0.2) is 5.79 Å². The van der Waals surface area contributed by atoms with Crippen molar-refractivity contribution in [2.24, 2.45) is 69.5 Å². The Labute approximate surface area is 320 Å². The SMILES string of the molecule is O=C1C2CC3CC1CC(C(=O)OCC1(COC(=O)C45CC6CC(C4)C(=O)C(C6)C5)COC4(OC1)C1CC5CC4CC(OC(=O)C(F)(F)SOOO)(C5)C1)(C3)C2. The molecule has 1 heterocycles. The maximum atomic E-state index is 14.5. The van der Waals surface area contributed by atoms with Gasteiger partial charge in [-0.2, -0.15) is 8.78 Å². The molecule has 12 saturated carbocycles. The quantitative estimate of drug-likeness (QED) is 0.0930. The van der Waals surface area contributed by atoms with Crippen LogP contribution < -0.4 is 0 Å². The molecule has 302 valence electrons. The van der Waals surface area contributed by atoms with Gasteiger partial charge in [-0.3, -0.25) is 19.2 Å². The van der Waals surface area contributed by atoms with Crippen molar-refractivity contribution in [2.75, 3.05) is 26.4 Å². The smallest absolute Gasteiger partial charge is 0.415 e. The Morgan fingerprint density at radius 2 is 1.15 bits per heavy atom. The number of esters is 3. The number of halogens is 2. The number of Topliss-reactive ketones (excluding diaryl/α,β-unsaturated/α-hetero) is 2. The highest BCUT2D eigenvalue weighted by atomic mass is 32.2. The van der Waals surface area contributed by atoms with Crippen molar-refractivity contribution in [1.82, 2.24) is 0 Å². The molecule has 12 bridgehead atoms. The highest BCUT2D eigenvalue weighted by molar-refractivity contribution is 7.96. The van der Waals surface area contributed by atoms with E-state index >= 15 is 0 Å². The van der Waals surface area contributed by atoms with Crippen molar-refractivity contribution in [3.8, 4) is 0 Å². The number of hydrogen-bond acceptors (Lipinski definition) is 14. The Balaban J connectivity index is 0.860. The van der Waals surface area contributed by atoms with Crippen LogP contribution in [0.5, 0.6) is 0 Å². The van der Waals surface area contributed by atoms with Crippen LogP contribution in [0, 0.1) is 69.5 Å². The zero-order chi connectivity index (χ0) is 38.2. The van der Waals surface area contributed by atoms with Crippen molar-refractivity contribution in [1.29, 1.82) is 0 Å². The first-order valence-electron chi connectivity index (χ1n) is 20.1. The lowest BCUT2D eigenvalue weighted by Crippen LogP contribution is -2.69. The summed E-state index contributed by atoms with van der Waals surface area (Å²) < 4.78 is 64.2. The summed E-state index contributed by atoms with van der Waals surface area (Å²) in [6.07, 6.45) is 9.08. The van der Waals surface area contributed by atoms with Crippen LogP contribution in [0.4, 0.5) is 8.78 Å². The van der Waals surface area contributed by atoms with Crippen LogP contribution in [0.1, 0.15) is 96.3 Å². The van der Waals surface area contributed by atoms with E-state index in [1.165, 1.54) is 0 Å². The van der Waals surface area contributed by atoms with Gasteiger partial charge in [-0.05, 0) is 114 Å². The Morgan fingerprint density at radius 1 is 0.691 bits per heavy atom. The number of ketones is 2. The van der Waals surface area contributed by atoms with Crippen molar-refractivity contribution in [2.45, 2.75) is 113 Å². The van der Waals surface area contributed by atoms with Gasteiger partial charge in [0, 0.05) is 35.5 Å². The van der Waals surface area contributed by atoms with E-state index in [9.17, 15) is 32.8 Å². The van der Waals surface area contributed by atoms with Gasteiger partial charge in [-0.25, -0.2) is 10.1 Å². The Morgan fingerprint density at radius 3 is 1.60 bits per heavy atom. The largest absolute Gasteiger partial charge is 0.464 e. The lowest BCUT2D eigenvalue weighted by atomic mass is 9.49. The highest BCUT2D eigenvalue weighted by Gasteiger charge is 2.69. The number of carbonyl (C=O) groups excluding carboxylic acids is 5. The van der Waals surface area contributed by atoms with Crippen molar-refractivity contribution in [3.05, 3.63) is 0 Å². The summed E-state index contributed by atoms with van der Waals surface area (Å²) in [5, 5.41) is 7.45. The first-order chi connectivity index (χ1) is 26.2. The molecule has 1 spiro atoms. The molecule has 0 amide bonds. The summed E-state index contributed by atoms with van der Waals surface area (Å²) in [4.78, 5) is 66.5. The summed E-state index contributed by atoms with van der Waals surface area (Å²) in [7, 11) is 0. The molecule has 0 aromatic heterocycles. The van der Waals surface area contributed by atoms with E-state index in [-0.39, 0.29) is 104 Å². The summed E-state index contributed by atoms with van der Waals surface area (Å²) in [5.74, 6) is -3.16. The Bertz CT molecular complexity index is 1550. The number of hydrogen-bond donors (Lipinski definition) is 1. The van der Waals surface area contributed by atoms with E-state index in [1.54, 1.807) is 0 Å². The fraction of sp³-hybridized carbons (Fsp3) is 0.872. The highest BCUT2D eigenvalue weighted by Crippen LogP contribution is 2.65. The van der Waals surface area contributed by atoms with Gasteiger partial charge in [-0.15, -0.1) is 4.33 Å². The number of carbonyl (C=O) groups is 5. The minimum absolute atomic E-state index is 0.0456. The number of rotatable bonds is 11. The molecule has 1 saturated heterocycles. The lowest BCUT2D eigenvalue weighted by molar-refractivity contribution is -0.433. The van der Waals surface area contributed by atoms with E-state index in [0.717, 1.165) is 25.7 Å². The minimum Gasteiger partial charge on any atom is -0.464 e. The van der Waals surface area contributed by atoms with Crippen LogP contribution in [0.2, 0.25) is 0 Å². The van der Waals surface area contributed by atoms with E-state index in [0.29, 0.717) is 69.6 Å². The standard InChI is InChI=1S/C39H48F2O13S/c40-39(41,55-54-53-47)33(46)52-37-9-22-5-27(14-37)38(28(6-22)15-37)50-18-34(19-51-38,16-48-31(44)35-7-20-1-23(10-35)29(42)24(2-20)11-35)17-49-32(45)36-8-21-3-25(12-36)30(43)26(4-21)13-36/h20-28,47H,1-19H2. The second-order valence-corrected chi connectivity index (χ2v) is 20.5. The third-order valence-corrected chi connectivity index (χ3v) is 16.6. The summed E-state index contributed by atoms with van der Waals surface area (Å²) in [6, 6.07) is 0. The normalized spacial score (nSPS) is 48.5. The van der Waals surface area contributed by atoms with E-state index < -0.39 is 50.9 Å². The van der Waals surface area contributed by atoms with Gasteiger partial charge < -0.3 is 23.7 Å². The van der Waals surface area contributed by atoms with Crippen LogP contribution in [0.15, 0.2) is 0 Å². The predicted molar refractivity (Wildman–Crippen MR) is 181 cm³/mol. The van der Waals surface area contributed by atoms with Crippen LogP contribution in [-0.2, 0) is 57.0 Å². The molecule has 55 heavy (non-hydrogen) atoms. The molecule has 13 rings (SSSR count). The zero-order valence-electron chi connectivity index (χ0n) is 30.6. The molecule has 13 aliphatic rings. The maximum absolute atomic E-state index is 14.5. The molecule has 0 aromatic rings. The fourth-order valence-electron chi connectivity index (χ4n) is 14.4. The fourth-order valence-corrected chi connectivity index (χ4v) is 14.6. The van der Waals surface area contributed by atoms with Gasteiger partial charge in [0.25, 0.3) is 0 Å². The van der Waals surface area contributed by atoms with Gasteiger partial charge in [-0.1, -0.05) is 5.04 Å². The van der Waals surface area contributed by atoms with Crippen LogP contribution in [-0.4, -0.2) is 77.8 Å². The number of alkyl halides is 2. The molecule has 12 aliphatic carbocycles. The Kier molecular flexibility index (Phi) is 8.51. The zero-order valence-corrected chi connectivity index (χ0v) is 31.5. The maximum Gasteiger partial charge on any atom is 0.415 e. The van der Waals surface area contributed by atoms with Crippen LogP contribution >= 0.6 is 12.0 Å². The molecular formula is C39H48F2O13S. The van der Waals surface area contributed by atoms with Crippen molar-refractivity contribution in [3.63, 3.8) is 0 Å². The Hall–Kier alpha value is -2.24. The van der Waals surface area contributed by atoms with Crippen LogP contribution in [0.3, 0.4) is 0 Å². The lowest BCUT2D eigenvalue weighted by Gasteiger charge is -2.65. The van der Waals surface area contributed by atoms with Gasteiger partial charge in [0.1, 0.15) is 42.4 Å². The summed E-state index contributed by atoms with van der Waals surface area (Å²) in [6.45, 7) is -0.139. The van der Waals surface area contributed by atoms with E-state index in [2.05, 4.69) is 9.37 Å². The summed E-state index contributed by atoms with van der Waals surface area (Å²) >= 11 is -0.650.